The van der Waals surface area contributed by atoms with Crippen LogP contribution in [0, 0.1) is 0 Å². The van der Waals surface area contributed by atoms with Crippen LogP contribution >= 0.6 is 11.3 Å². The predicted molar refractivity (Wildman–Crippen MR) is 135 cm³/mol. The van der Waals surface area contributed by atoms with E-state index in [1.54, 1.807) is 47.7 Å². The molecule has 1 atom stereocenters. The van der Waals surface area contributed by atoms with Crippen molar-refractivity contribution in [2.75, 3.05) is 38.1 Å². The third-order valence-electron chi connectivity index (χ3n) is 6.11. The van der Waals surface area contributed by atoms with Gasteiger partial charge in [-0.25, -0.2) is 8.42 Å². The van der Waals surface area contributed by atoms with Gasteiger partial charge in [0.15, 0.2) is 0 Å². The van der Waals surface area contributed by atoms with E-state index in [4.69, 9.17) is 4.74 Å². The van der Waals surface area contributed by atoms with Gasteiger partial charge < -0.3 is 10.1 Å². The van der Waals surface area contributed by atoms with E-state index in [2.05, 4.69) is 21.7 Å². The molecule has 0 saturated carbocycles. The SMILES string of the molecule is COc1ccccc1N(C)S(=O)(=O)c1ccc(C(=O)NC[C@H](c2cccs2)N2CCCC2)cc1. The smallest absolute Gasteiger partial charge is 0.264 e. The number of hydrogen-bond donors (Lipinski definition) is 1. The molecule has 0 radical (unpaired) electrons. The van der Waals surface area contributed by atoms with E-state index in [0.717, 1.165) is 13.1 Å². The lowest BCUT2D eigenvalue weighted by molar-refractivity contribution is 0.0938. The second kappa shape index (κ2) is 10.6. The summed E-state index contributed by atoms with van der Waals surface area (Å²) in [5.74, 6) is 0.241. The Morgan fingerprint density at radius 2 is 1.79 bits per heavy atom. The highest BCUT2D eigenvalue weighted by Crippen LogP contribution is 2.31. The number of carbonyl (C=O) groups is 1. The zero-order valence-corrected chi connectivity index (χ0v) is 20.9. The number of nitrogens with zero attached hydrogens (tertiary/aromatic N) is 2. The molecule has 180 valence electrons. The monoisotopic (exact) mass is 499 g/mol. The van der Waals surface area contributed by atoms with Gasteiger partial charge in [0.2, 0.25) is 0 Å². The quantitative estimate of drug-likeness (QED) is 0.479. The number of benzene rings is 2. The van der Waals surface area contributed by atoms with Crippen molar-refractivity contribution in [1.29, 1.82) is 0 Å². The summed E-state index contributed by atoms with van der Waals surface area (Å²) < 4.78 is 32.8. The molecule has 2 heterocycles. The first kappa shape index (κ1) is 24.3. The summed E-state index contributed by atoms with van der Waals surface area (Å²) in [6.45, 7) is 2.57. The number of ether oxygens (including phenoxy) is 1. The van der Waals surface area contributed by atoms with Gasteiger partial charge in [0.25, 0.3) is 15.9 Å². The Morgan fingerprint density at radius 3 is 2.44 bits per heavy atom. The van der Waals surface area contributed by atoms with Crippen LogP contribution in [-0.4, -0.2) is 53.0 Å². The van der Waals surface area contributed by atoms with Gasteiger partial charge >= 0.3 is 0 Å². The van der Waals surface area contributed by atoms with Crippen molar-refractivity contribution in [3.63, 3.8) is 0 Å². The Balaban J connectivity index is 1.45. The molecule has 7 nitrogen and oxygen atoms in total. The van der Waals surface area contributed by atoms with Crippen molar-refractivity contribution in [2.24, 2.45) is 0 Å². The number of carbonyl (C=O) groups excluding carboxylic acids is 1. The summed E-state index contributed by atoms with van der Waals surface area (Å²) >= 11 is 1.70. The standard InChI is InChI=1S/C25H29N3O4S2/c1-27(21-8-3-4-9-23(21)32-2)34(30,31)20-13-11-19(12-14-20)25(29)26-18-22(24-10-7-17-33-24)28-15-5-6-16-28/h3-4,7-14,17,22H,5-6,15-16,18H2,1-2H3,(H,26,29)/t22-/m1/s1. The van der Waals surface area contributed by atoms with Crippen LogP contribution < -0.4 is 14.4 Å². The van der Waals surface area contributed by atoms with Gasteiger partial charge in [-0.15, -0.1) is 11.3 Å². The number of likely N-dealkylation sites (tertiary alicyclic amines) is 1. The molecule has 2 aromatic carbocycles. The fraction of sp³-hybridized carbons (Fsp3) is 0.320. The molecule has 0 bridgehead atoms. The van der Waals surface area contributed by atoms with Gasteiger partial charge in [-0.05, 0) is 73.8 Å². The topological polar surface area (TPSA) is 78.9 Å². The molecule has 0 unspecified atom stereocenters. The van der Waals surface area contributed by atoms with Crippen LogP contribution in [-0.2, 0) is 10.0 Å². The van der Waals surface area contributed by atoms with E-state index in [1.807, 2.05) is 6.07 Å². The third kappa shape index (κ3) is 5.11. The number of amides is 1. The van der Waals surface area contributed by atoms with Gasteiger partial charge in [-0.1, -0.05) is 18.2 Å². The molecule has 1 aliphatic rings. The number of sulfonamides is 1. The predicted octanol–water partition coefficient (Wildman–Crippen LogP) is 4.15. The molecule has 1 aromatic heterocycles. The maximum atomic E-state index is 13.1. The number of anilines is 1. The second-order valence-corrected chi connectivity index (χ2v) is 11.1. The number of para-hydroxylation sites is 2. The molecule has 1 fully saturated rings. The molecule has 1 N–H and O–H groups in total. The highest BCUT2D eigenvalue weighted by Gasteiger charge is 2.26. The summed E-state index contributed by atoms with van der Waals surface area (Å²) in [7, 11) is -0.835. The third-order valence-corrected chi connectivity index (χ3v) is 8.87. The largest absolute Gasteiger partial charge is 0.495 e. The minimum absolute atomic E-state index is 0.103. The van der Waals surface area contributed by atoms with Crippen molar-refractivity contribution in [2.45, 2.75) is 23.8 Å². The maximum absolute atomic E-state index is 13.1. The normalized spacial score (nSPS) is 15.1. The Morgan fingerprint density at radius 1 is 1.09 bits per heavy atom. The Bertz CT molecular complexity index is 1210. The van der Waals surface area contributed by atoms with Gasteiger partial charge in [0.1, 0.15) is 5.75 Å². The molecular weight excluding hydrogens is 470 g/mol. The Hall–Kier alpha value is -2.88. The van der Waals surface area contributed by atoms with Crippen molar-refractivity contribution >= 4 is 33.0 Å². The average molecular weight is 500 g/mol. The molecule has 4 rings (SSSR count). The van der Waals surface area contributed by atoms with Crippen molar-refractivity contribution in [3.8, 4) is 5.75 Å². The van der Waals surface area contributed by atoms with Crippen LogP contribution in [0.3, 0.4) is 0 Å². The minimum Gasteiger partial charge on any atom is -0.495 e. The molecule has 0 spiro atoms. The van der Waals surface area contributed by atoms with Crippen LogP contribution in [0.1, 0.15) is 34.1 Å². The minimum atomic E-state index is -3.82. The molecule has 1 saturated heterocycles. The summed E-state index contributed by atoms with van der Waals surface area (Å²) in [5.41, 5.74) is 0.860. The van der Waals surface area contributed by atoms with Crippen LogP contribution in [0.4, 0.5) is 5.69 Å². The summed E-state index contributed by atoms with van der Waals surface area (Å²) in [4.78, 5) is 16.6. The summed E-state index contributed by atoms with van der Waals surface area (Å²) in [5, 5.41) is 5.09. The molecule has 1 amide bonds. The van der Waals surface area contributed by atoms with Crippen molar-refractivity contribution in [1.82, 2.24) is 10.2 Å². The van der Waals surface area contributed by atoms with Gasteiger partial charge in [0.05, 0.1) is 23.7 Å². The zero-order chi connectivity index (χ0) is 24.1. The molecule has 0 aliphatic carbocycles. The number of thiophene rings is 1. The first-order valence-corrected chi connectivity index (χ1v) is 13.5. The molecule has 34 heavy (non-hydrogen) atoms. The first-order chi connectivity index (χ1) is 16.4. The Labute approximate surface area is 205 Å². The molecule has 3 aromatic rings. The molecule has 9 heteroatoms. The molecular formula is C25H29N3O4S2. The van der Waals surface area contributed by atoms with E-state index >= 15 is 0 Å². The van der Waals surface area contributed by atoms with Crippen LogP contribution in [0.25, 0.3) is 0 Å². The van der Waals surface area contributed by atoms with E-state index in [0.29, 0.717) is 23.5 Å². The van der Waals surface area contributed by atoms with Gasteiger partial charge in [-0.2, -0.15) is 0 Å². The van der Waals surface area contributed by atoms with E-state index in [-0.39, 0.29) is 16.8 Å². The van der Waals surface area contributed by atoms with E-state index in [9.17, 15) is 13.2 Å². The van der Waals surface area contributed by atoms with E-state index in [1.165, 1.54) is 48.3 Å². The van der Waals surface area contributed by atoms with Gasteiger partial charge in [0, 0.05) is 24.0 Å². The lowest BCUT2D eigenvalue weighted by Gasteiger charge is -2.27. The van der Waals surface area contributed by atoms with Crippen molar-refractivity contribution < 1.29 is 17.9 Å². The van der Waals surface area contributed by atoms with Crippen LogP contribution in [0.2, 0.25) is 0 Å². The second-order valence-electron chi connectivity index (χ2n) is 8.15. The Kier molecular flexibility index (Phi) is 7.55. The van der Waals surface area contributed by atoms with Gasteiger partial charge in [-0.3, -0.25) is 14.0 Å². The fourth-order valence-electron chi connectivity index (χ4n) is 4.19. The van der Waals surface area contributed by atoms with E-state index < -0.39 is 10.0 Å². The first-order valence-electron chi connectivity index (χ1n) is 11.2. The maximum Gasteiger partial charge on any atom is 0.264 e. The average Bonchev–Trinajstić information content (AvgIpc) is 3.59. The van der Waals surface area contributed by atoms with Crippen molar-refractivity contribution in [3.05, 3.63) is 76.5 Å². The summed E-state index contributed by atoms with van der Waals surface area (Å²) in [6.07, 6.45) is 2.35. The van der Waals surface area contributed by atoms with Crippen LogP contribution in [0.5, 0.6) is 5.75 Å². The lowest BCUT2D eigenvalue weighted by Crippen LogP contribution is -2.36. The highest BCUT2D eigenvalue weighted by atomic mass is 32.2. The van der Waals surface area contributed by atoms with Crippen LogP contribution in [0.15, 0.2) is 70.9 Å². The highest BCUT2D eigenvalue weighted by molar-refractivity contribution is 7.92. The number of hydrogen-bond acceptors (Lipinski definition) is 6. The number of rotatable bonds is 9. The summed E-state index contributed by atoms with van der Waals surface area (Å²) in [6, 6.07) is 17.3. The zero-order valence-electron chi connectivity index (χ0n) is 19.3. The fourth-order valence-corrected chi connectivity index (χ4v) is 6.26. The number of methoxy groups -OCH3 is 1. The number of nitrogens with one attached hydrogen (secondary N) is 1. The lowest BCUT2D eigenvalue weighted by atomic mass is 10.2. The molecule has 1 aliphatic heterocycles.